The Bertz CT molecular complexity index is 456. The summed E-state index contributed by atoms with van der Waals surface area (Å²) in [4.78, 5) is 10.5. The van der Waals surface area contributed by atoms with Crippen LogP contribution in [0.1, 0.15) is 31.2 Å². The minimum atomic E-state index is -0.396. The third kappa shape index (κ3) is 3.44. The summed E-state index contributed by atoms with van der Waals surface area (Å²) in [5.74, 6) is 1.06. The Balaban J connectivity index is 2.14. The summed E-state index contributed by atoms with van der Waals surface area (Å²) in [7, 11) is 1.51. The summed E-state index contributed by atoms with van der Waals surface area (Å²) < 4.78 is 5.11. The van der Waals surface area contributed by atoms with E-state index in [0.29, 0.717) is 18.1 Å². The van der Waals surface area contributed by atoms with E-state index in [-0.39, 0.29) is 11.7 Å². The van der Waals surface area contributed by atoms with E-state index in [1.807, 2.05) is 6.07 Å². The monoisotopic (exact) mass is 264 g/mol. The molecule has 1 atom stereocenters. The molecule has 1 fully saturated rings. The fourth-order valence-corrected chi connectivity index (χ4v) is 2.81. The largest absolute Gasteiger partial charge is 0.496 e. The third-order valence-corrected chi connectivity index (χ3v) is 3.87. The minimum Gasteiger partial charge on any atom is -0.496 e. The van der Waals surface area contributed by atoms with Crippen molar-refractivity contribution in [1.29, 1.82) is 0 Å². The predicted molar refractivity (Wildman–Crippen MR) is 73.3 cm³/mol. The van der Waals surface area contributed by atoms with E-state index in [0.717, 1.165) is 5.56 Å². The minimum absolute atomic E-state index is 0.0629. The molecule has 2 rings (SSSR count). The fourth-order valence-electron chi connectivity index (χ4n) is 2.81. The molecule has 2 N–H and O–H groups in total. The maximum atomic E-state index is 10.9. The van der Waals surface area contributed by atoms with Crippen LogP contribution in [0.4, 0.5) is 5.69 Å². The average Bonchev–Trinajstić information content (AvgIpc) is 2.92. The number of nitrogens with two attached hydrogens (primary N) is 1. The van der Waals surface area contributed by atoms with E-state index in [1.165, 1.54) is 38.9 Å². The number of benzene rings is 1. The molecule has 0 aromatic heterocycles. The molecule has 1 aliphatic rings. The molecular weight excluding hydrogens is 244 g/mol. The molecule has 0 radical (unpaired) electrons. The van der Waals surface area contributed by atoms with Crippen molar-refractivity contribution in [2.45, 2.75) is 38.1 Å². The standard InChI is InChI=1S/C14H20N2O3/c1-19-13-7-10(6-12(9-13)16(17)18)8-14(15)11-4-2-3-5-11/h6-7,9,11,14H,2-5,8,15H2,1H3. The van der Waals surface area contributed by atoms with Gasteiger partial charge in [-0.25, -0.2) is 0 Å². The summed E-state index contributed by atoms with van der Waals surface area (Å²) in [6.07, 6.45) is 5.51. The SMILES string of the molecule is COc1cc(CC(N)C2CCCC2)cc([N+](=O)[O-])c1. The molecule has 0 amide bonds. The molecule has 0 aliphatic heterocycles. The maximum Gasteiger partial charge on any atom is 0.273 e. The molecule has 5 heteroatoms. The highest BCUT2D eigenvalue weighted by molar-refractivity contribution is 5.43. The van der Waals surface area contributed by atoms with Crippen molar-refractivity contribution in [2.24, 2.45) is 11.7 Å². The summed E-state index contributed by atoms with van der Waals surface area (Å²) in [6.45, 7) is 0. The Labute approximate surface area is 112 Å². The van der Waals surface area contributed by atoms with Crippen molar-refractivity contribution < 1.29 is 9.66 Å². The van der Waals surface area contributed by atoms with E-state index in [2.05, 4.69) is 0 Å². The van der Waals surface area contributed by atoms with Gasteiger partial charge in [0.15, 0.2) is 0 Å². The Morgan fingerprint density at radius 2 is 2.11 bits per heavy atom. The number of nitrogens with zero attached hydrogens (tertiary/aromatic N) is 1. The van der Waals surface area contributed by atoms with E-state index in [1.54, 1.807) is 6.07 Å². The zero-order chi connectivity index (χ0) is 13.8. The van der Waals surface area contributed by atoms with Crippen LogP contribution in [0.2, 0.25) is 0 Å². The van der Waals surface area contributed by atoms with Gasteiger partial charge in [-0.05, 0) is 36.8 Å². The van der Waals surface area contributed by atoms with Crippen LogP contribution in [-0.2, 0) is 6.42 Å². The van der Waals surface area contributed by atoms with Gasteiger partial charge in [0.2, 0.25) is 0 Å². The lowest BCUT2D eigenvalue weighted by atomic mass is 9.93. The second kappa shape index (κ2) is 6.02. The Kier molecular flexibility index (Phi) is 4.37. The van der Waals surface area contributed by atoms with Crippen LogP contribution >= 0.6 is 0 Å². The van der Waals surface area contributed by atoms with Gasteiger partial charge in [-0.2, -0.15) is 0 Å². The van der Waals surface area contributed by atoms with Gasteiger partial charge in [0.05, 0.1) is 18.1 Å². The first-order valence-electron chi connectivity index (χ1n) is 6.68. The van der Waals surface area contributed by atoms with Crippen LogP contribution in [-0.4, -0.2) is 18.1 Å². The van der Waals surface area contributed by atoms with Crippen LogP contribution in [0.5, 0.6) is 5.75 Å². The lowest BCUT2D eigenvalue weighted by Crippen LogP contribution is -2.30. The van der Waals surface area contributed by atoms with Crippen molar-refractivity contribution >= 4 is 5.69 Å². The van der Waals surface area contributed by atoms with Gasteiger partial charge in [0.25, 0.3) is 5.69 Å². The number of hydrogen-bond acceptors (Lipinski definition) is 4. The van der Waals surface area contributed by atoms with Crippen molar-refractivity contribution in [3.63, 3.8) is 0 Å². The Hall–Kier alpha value is -1.62. The van der Waals surface area contributed by atoms with Crippen molar-refractivity contribution in [3.8, 4) is 5.75 Å². The molecule has 0 spiro atoms. The summed E-state index contributed by atoms with van der Waals surface area (Å²) >= 11 is 0. The lowest BCUT2D eigenvalue weighted by molar-refractivity contribution is -0.385. The second-order valence-electron chi connectivity index (χ2n) is 5.21. The molecule has 0 saturated heterocycles. The van der Waals surface area contributed by atoms with Crippen LogP contribution in [0.3, 0.4) is 0 Å². The fraction of sp³-hybridized carbons (Fsp3) is 0.571. The third-order valence-electron chi connectivity index (χ3n) is 3.87. The number of hydrogen-bond donors (Lipinski definition) is 1. The van der Waals surface area contributed by atoms with Gasteiger partial charge in [-0.3, -0.25) is 10.1 Å². The van der Waals surface area contributed by atoms with Gasteiger partial charge >= 0.3 is 0 Å². The van der Waals surface area contributed by atoms with Gasteiger partial charge in [-0.1, -0.05) is 12.8 Å². The average molecular weight is 264 g/mol. The van der Waals surface area contributed by atoms with Gasteiger partial charge in [0.1, 0.15) is 5.75 Å². The van der Waals surface area contributed by atoms with E-state index >= 15 is 0 Å². The molecule has 5 nitrogen and oxygen atoms in total. The highest BCUT2D eigenvalue weighted by atomic mass is 16.6. The Morgan fingerprint density at radius 1 is 1.42 bits per heavy atom. The van der Waals surface area contributed by atoms with Crippen LogP contribution in [0.15, 0.2) is 18.2 Å². The molecule has 104 valence electrons. The quantitative estimate of drug-likeness (QED) is 0.655. The molecule has 1 aliphatic carbocycles. The molecular formula is C14H20N2O3. The summed E-state index contributed by atoms with van der Waals surface area (Å²) in [5, 5.41) is 10.9. The number of nitro groups is 1. The molecule has 0 heterocycles. The zero-order valence-electron chi connectivity index (χ0n) is 11.2. The number of ether oxygens (including phenoxy) is 1. The molecule has 1 saturated carbocycles. The van der Waals surface area contributed by atoms with Crippen molar-refractivity contribution in [3.05, 3.63) is 33.9 Å². The first-order valence-corrected chi connectivity index (χ1v) is 6.68. The lowest BCUT2D eigenvalue weighted by Gasteiger charge is -2.18. The molecule has 1 aromatic rings. The smallest absolute Gasteiger partial charge is 0.273 e. The van der Waals surface area contributed by atoms with E-state index in [9.17, 15) is 10.1 Å². The van der Waals surface area contributed by atoms with Crippen molar-refractivity contribution in [2.75, 3.05) is 7.11 Å². The highest BCUT2D eigenvalue weighted by Crippen LogP contribution is 2.30. The zero-order valence-corrected chi connectivity index (χ0v) is 11.2. The number of non-ortho nitro benzene ring substituents is 1. The normalized spacial score (nSPS) is 17.4. The first kappa shape index (κ1) is 13.8. The van der Waals surface area contributed by atoms with E-state index in [4.69, 9.17) is 10.5 Å². The van der Waals surface area contributed by atoms with Crippen LogP contribution < -0.4 is 10.5 Å². The number of rotatable bonds is 5. The maximum absolute atomic E-state index is 10.9. The highest BCUT2D eigenvalue weighted by Gasteiger charge is 2.23. The van der Waals surface area contributed by atoms with Crippen molar-refractivity contribution in [1.82, 2.24) is 0 Å². The van der Waals surface area contributed by atoms with Gasteiger partial charge in [0, 0.05) is 12.1 Å². The van der Waals surface area contributed by atoms with Gasteiger partial charge in [-0.15, -0.1) is 0 Å². The number of nitro benzene ring substituents is 1. The molecule has 0 bridgehead atoms. The predicted octanol–water partition coefficient (Wildman–Crippen LogP) is 2.66. The Morgan fingerprint density at radius 3 is 2.68 bits per heavy atom. The topological polar surface area (TPSA) is 78.4 Å². The number of methoxy groups -OCH3 is 1. The van der Waals surface area contributed by atoms with Crippen LogP contribution in [0, 0.1) is 16.0 Å². The molecule has 1 unspecified atom stereocenters. The van der Waals surface area contributed by atoms with E-state index < -0.39 is 4.92 Å². The molecule has 1 aromatic carbocycles. The summed E-state index contributed by atoms with van der Waals surface area (Å²) in [6, 6.07) is 4.94. The van der Waals surface area contributed by atoms with Crippen LogP contribution in [0.25, 0.3) is 0 Å². The van der Waals surface area contributed by atoms with Gasteiger partial charge < -0.3 is 10.5 Å². The second-order valence-corrected chi connectivity index (χ2v) is 5.21. The molecule has 19 heavy (non-hydrogen) atoms. The summed E-state index contributed by atoms with van der Waals surface area (Å²) in [5.41, 5.74) is 7.16. The first-order chi connectivity index (χ1) is 9.10.